The van der Waals surface area contributed by atoms with Crippen LogP contribution in [0.3, 0.4) is 0 Å². The number of hydrogen-bond donors (Lipinski definition) is 2. The molecule has 0 spiro atoms. The average Bonchev–Trinajstić information content (AvgIpc) is 2.84. The van der Waals surface area contributed by atoms with Crippen molar-refractivity contribution in [3.8, 4) is 0 Å². The molecule has 8 heteroatoms. The molecular weight excluding hydrogens is 344 g/mol. The highest BCUT2D eigenvalue weighted by Crippen LogP contribution is 2.25. The number of aryl methyl sites for hydroxylation is 1. The molecule has 108 valence electrons. The number of benzene rings is 1. The third kappa shape index (κ3) is 3.59. The lowest BCUT2D eigenvalue weighted by molar-refractivity contribution is 0.598. The van der Waals surface area contributed by atoms with Crippen LogP contribution in [0.1, 0.15) is 12.5 Å². The third-order valence-electron chi connectivity index (χ3n) is 2.76. The summed E-state index contributed by atoms with van der Waals surface area (Å²) >= 11 is 3.33. The summed E-state index contributed by atoms with van der Waals surface area (Å²) in [5, 5.41) is 12.5. The number of aromatic nitrogens is 2. The highest BCUT2D eigenvalue weighted by atomic mass is 79.9. The molecule has 0 saturated heterocycles. The third-order valence-corrected chi connectivity index (χ3v) is 4.33. The number of primary sulfonamides is 1. The van der Waals surface area contributed by atoms with Gasteiger partial charge in [-0.1, -0.05) is 0 Å². The van der Waals surface area contributed by atoms with Crippen molar-refractivity contribution in [2.24, 2.45) is 5.14 Å². The minimum Gasteiger partial charge on any atom is -0.380 e. The normalized spacial score (nSPS) is 11.6. The van der Waals surface area contributed by atoms with Crippen molar-refractivity contribution in [1.82, 2.24) is 9.78 Å². The maximum atomic E-state index is 11.2. The highest BCUT2D eigenvalue weighted by Gasteiger charge is 2.10. The molecule has 3 N–H and O–H groups in total. The van der Waals surface area contributed by atoms with Crippen LogP contribution < -0.4 is 10.5 Å². The predicted molar refractivity (Wildman–Crippen MR) is 80.7 cm³/mol. The molecule has 0 atom stereocenters. The summed E-state index contributed by atoms with van der Waals surface area (Å²) in [6.45, 7) is 3.45. The molecule has 0 saturated carbocycles. The number of halogens is 1. The zero-order valence-electron chi connectivity index (χ0n) is 10.9. The summed E-state index contributed by atoms with van der Waals surface area (Å²) < 4.78 is 25.0. The SMILES string of the molecule is CCn1cc(CNc2ccc(S(N)(=O)=O)cc2Br)cn1. The fraction of sp³-hybridized carbons (Fsp3) is 0.250. The molecule has 6 nitrogen and oxygen atoms in total. The van der Waals surface area contributed by atoms with Gasteiger partial charge in [-0.15, -0.1) is 0 Å². The summed E-state index contributed by atoms with van der Waals surface area (Å²) in [4.78, 5) is 0.0775. The first kappa shape index (κ1) is 15.0. The van der Waals surface area contributed by atoms with Crippen LogP contribution in [0.2, 0.25) is 0 Å². The van der Waals surface area contributed by atoms with Gasteiger partial charge in [-0.3, -0.25) is 4.68 Å². The van der Waals surface area contributed by atoms with Crippen LogP contribution >= 0.6 is 15.9 Å². The average molecular weight is 359 g/mol. The Balaban J connectivity index is 2.10. The summed E-state index contributed by atoms with van der Waals surface area (Å²) in [5.74, 6) is 0. The quantitative estimate of drug-likeness (QED) is 0.854. The van der Waals surface area contributed by atoms with Crippen LogP contribution in [-0.2, 0) is 23.1 Å². The molecule has 2 aromatic rings. The fourth-order valence-electron chi connectivity index (χ4n) is 1.68. The number of anilines is 1. The van der Waals surface area contributed by atoms with E-state index in [-0.39, 0.29) is 4.90 Å². The first-order valence-electron chi connectivity index (χ1n) is 5.97. The second kappa shape index (κ2) is 5.94. The van der Waals surface area contributed by atoms with Gasteiger partial charge in [0.15, 0.2) is 0 Å². The Bertz CT molecular complexity index is 712. The molecule has 0 aliphatic rings. The first-order chi connectivity index (χ1) is 9.40. The van der Waals surface area contributed by atoms with Crippen LogP contribution in [0.4, 0.5) is 5.69 Å². The lowest BCUT2D eigenvalue weighted by Gasteiger charge is -2.08. The molecule has 1 aromatic carbocycles. The van der Waals surface area contributed by atoms with E-state index >= 15 is 0 Å². The number of hydrogen-bond acceptors (Lipinski definition) is 4. The Labute approximate surface area is 126 Å². The van der Waals surface area contributed by atoms with E-state index in [2.05, 4.69) is 26.3 Å². The molecule has 0 radical (unpaired) electrons. The monoisotopic (exact) mass is 358 g/mol. The molecule has 20 heavy (non-hydrogen) atoms. The van der Waals surface area contributed by atoms with Gasteiger partial charge >= 0.3 is 0 Å². The summed E-state index contributed by atoms with van der Waals surface area (Å²) in [7, 11) is -3.68. The van der Waals surface area contributed by atoms with E-state index in [1.807, 2.05) is 17.8 Å². The van der Waals surface area contributed by atoms with Crippen LogP contribution in [0.15, 0.2) is 40.0 Å². The van der Waals surface area contributed by atoms with E-state index in [4.69, 9.17) is 5.14 Å². The Morgan fingerprint density at radius 3 is 2.75 bits per heavy atom. The van der Waals surface area contributed by atoms with Gasteiger partial charge in [0, 0.05) is 35.0 Å². The van der Waals surface area contributed by atoms with Gasteiger partial charge in [-0.2, -0.15) is 5.10 Å². The van der Waals surface area contributed by atoms with Gasteiger partial charge in [0.1, 0.15) is 0 Å². The second-order valence-corrected chi connectivity index (χ2v) is 6.66. The minimum atomic E-state index is -3.68. The Kier molecular flexibility index (Phi) is 4.46. The Morgan fingerprint density at radius 2 is 2.20 bits per heavy atom. The van der Waals surface area contributed by atoms with Crippen molar-refractivity contribution < 1.29 is 8.42 Å². The van der Waals surface area contributed by atoms with Crippen molar-refractivity contribution in [1.29, 1.82) is 0 Å². The maximum Gasteiger partial charge on any atom is 0.238 e. The highest BCUT2D eigenvalue weighted by molar-refractivity contribution is 9.10. The van der Waals surface area contributed by atoms with E-state index in [1.165, 1.54) is 12.1 Å². The molecule has 0 fully saturated rings. The van der Waals surface area contributed by atoms with E-state index in [1.54, 1.807) is 12.3 Å². The van der Waals surface area contributed by atoms with E-state index in [0.29, 0.717) is 11.0 Å². The lowest BCUT2D eigenvalue weighted by atomic mass is 10.3. The lowest BCUT2D eigenvalue weighted by Crippen LogP contribution is -2.12. The van der Waals surface area contributed by atoms with Gasteiger partial charge in [-0.25, -0.2) is 13.6 Å². The van der Waals surface area contributed by atoms with Gasteiger partial charge in [0.05, 0.1) is 11.1 Å². The molecule has 0 aliphatic heterocycles. The van der Waals surface area contributed by atoms with Crippen LogP contribution in [0.5, 0.6) is 0 Å². The number of nitrogens with one attached hydrogen (secondary N) is 1. The zero-order valence-corrected chi connectivity index (χ0v) is 13.3. The van der Waals surface area contributed by atoms with E-state index < -0.39 is 10.0 Å². The van der Waals surface area contributed by atoms with Crippen molar-refractivity contribution >= 4 is 31.6 Å². The molecule has 0 bridgehead atoms. The molecule has 0 unspecified atom stereocenters. The molecule has 2 rings (SSSR count). The molecular formula is C12H15BrN4O2S. The van der Waals surface area contributed by atoms with Crippen molar-refractivity contribution in [3.63, 3.8) is 0 Å². The fourth-order valence-corrected chi connectivity index (χ4v) is 2.89. The number of nitrogens with zero attached hydrogens (tertiary/aromatic N) is 2. The van der Waals surface area contributed by atoms with Gasteiger partial charge in [0.25, 0.3) is 0 Å². The molecule has 0 aliphatic carbocycles. The number of nitrogens with two attached hydrogens (primary N) is 1. The topological polar surface area (TPSA) is 90.0 Å². The second-order valence-electron chi connectivity index (χ2n) is 4.24. The van der Waals surface area contributed by atoms with Crippen LogP contribution in [0, 0.1) is 0 Å². The summed E-state index contributed by atoms with van der Waals surface area (Å²) in [6.07, 6.45) is 3.75. The Morgan fingerprint density at radius 1 is 1.45 bits per heavy atom. The van der Waals surface area contributed by atoms with Gasteiger partial charge in [-0.05, 0) is 41.1 Å². The minimum absolute atomic E-state index is 0.0775. The Hall–Kier alpha value is -1.38. The predicted octanol–water partition coefficient (Wildman–Crippen LogP) is 1.92. The number of sulfonamides is 1. The number of rotatable bonds is 5. The smallest absolute Gasteiger partial charge is 0.238 e. The van der Waals surface area contributed by atoms with Gasteiger partial charge < -0.3 is 5.32 Å². The summed E-state index contributed by atoms with van der Waals surface area (Å²) in [5.41, 5.74) is 1.84. The van der Waals surface area contributed by atoms with E-state index in [0.717, 1.165) is 17.8 Å². The van der Waals surface area contributed by atoms with Crippen LogP contribution in [0.25, 0.3) is 0 Å². The van der Waals surface area contributed by atoms with Crippen molar-refractivity contribution in [2.75, 3.05) is 5.32 Å². The summed E-state index contributed by atoms with van der Waals surface area (Å²) in [6, 6.07) is 4.62. The standard InChI is InChI=1S/C12H15BrN4O2S/c1-2-17-8-9(7-16-17)6-15-12-4-3-10(5-11(12)13)20(14,18)19/h3-5,7-8,15H,2,6H2,1H3,(H2,14,18,19). The van der Waals surface area contributed by atoms with Crippen molar-refractivity contribution in [2.45, 2.75) is 24.9 Å². The van der Waals surface area contributed by atoms with Crippen molar-refractivity contribution in [3.05, 3.63) is 40.6 Å². The largest absolute Gasteiger partial charge is 0.380 e. The molecule has 1 aromatic heterocycles. The van der Waals surface area contributed by atoms with Crippen LogP contribution in [-0.4, -0.2) is 18.2 Å². The van der Waals surface area contributed by atoms with E-state index in [9.17, 15) is 8.42 Å². The zero-order chi connectivity index (χ0) is 14.8. The maximum absolute atomic E-state index is 11.2. The first-order valence-corrected chi connectivity index (χ1v) is 8.31. The van der Waals surface area contributed by atoms with Gasteiger partial charge in [0.2, 0.25) is 10.0 Å². The molecule has 1 heterocycles. The molecule has 0 amide bonds.